The highest BCUT2D eigenvalue weighted by Gasteiger charge is 2.11. The van der Waals surface area contributed by atoms with Gasteiger partial charge in [0, 0.05) is 0 Å². The van der Waals surface area contributed by atoms with Crippen molar-refractivity contribution in [1.82, 2.24) is 0 Å². The predicted molar refractivity (Wildman–Crippen MR) is 111 cm³/mol. The molecule has 2 aromatic carbocycles. The molecule has 0 heterocycles. The highest BCUT2D eigenvalue weighted by Crippen LogP contribution is 2.22. The molecule has 0 spiro atoms. The van der Waals surface area contributed by atoms with Crippen LogP contribution in [0.2, 0.25) is 0 Å². The summed E-state index contributed by atoms with van der Waals surface area (Å²) in [6, 6.07) is 18.0. The minimum absolute atomic E-state index is 0.181. The largest absolute Gasteiger partial charge is 0.490 e. The molecule has 26 heavy (non-hydrogen) atoms. The first kappa shape index (κ1) is 21.1. The summed E-state index contributed by atoms with van der Waals surface area (Å²) in [6.07, 6.45) is 14.2. The Morgan fingerprint density at radius 2 is 1.54 bits per heavy atom. The maximum absolute atomic E-state index is 5.86. The molecule has 0 N–H and O–H groups in total. The van der Waals surface area contributed by atoms with Crippen LogP contribution in [-0.4, -0.2) is 12.2 Å². The number of para-hydroxylation sites is 1. The van der Waals surface area contributed by atoms with Gasteiger partial charge in [0.15, 0.2) is 0 Å². The fourth-order valence-corrected chi connectivity index (χ4v) is 2.26. The molecule has 0 bridgehead atoms. The zero-order valence-electron chi connectivity index (χ0n) is 16.1. The molecule has 0 atom stereocenters. The first-order chi connectivity index (χ1) is 12.5. The molecule has 0 aliphatic rings. The molecular weight excluding hydrogens is 320 g/mol. The van der Waals surface area contributed by atoms with Crippen molar-refractivity contribution in [3.8, 4) is 24.3 Å². The minimum Gasteiger partial charge on any atom is -0.490 e. The molecule has 2 heteroatoms. The number of hydrogen-bond acceptors (Lipinski definition) is 2. The van der Waals surface area contributed by atoms with Gasteiger partial charge >= 0.3 is 0 Å². The standard InChI is InChI=1S/C22H26O2.C2H2/c1-5-18(10-9-17-23-20-11-7-6-8-12-20)19-13-15-21(16-14-19)24-22(2,3)4;1-2/h5-16H,17H2,1-4H3;1-2H/b10-9-,18-5+;. The number of hydrogen-bond donors (Lipinski definition) is 0. The number of terminal acetylenes is 1. The van der Waals surface area contributed by atoms with E-state index >= 15 is 0 Å². The van der Waals surface area contributed by atoms with Crippen LogP contribution in [0.1, 0.15) is 33.3 Å². The Bertz CT molecular complexity index is 714. The van der Waals surface area contributed by atoms with E-state index in [1.165, 1.54) is 0 Å². The SMILES string of the molecule is C#C.C/C=C(\C=C/COc1ccccc1)c1ccc(OC(C)(C)C)cc1. The van der Waals surface area contributed by atoms with E-state index < -0.39 is 0 Å². The smallest absolute Gasteiger partial charge is 0.120 e. The van der Waals surface area contributed by atoms with Crippen LogP contribution >= 0.6 is 0 Å². The highest BCUT2D eigenvalue weighted by molar-refractivity contribution is 5.74. The minimum atomic E-state index is -0.181. The zero-order chi connectivity index (χ0) is 19.4. The van der Waals surface area contributed by atoms with Crippen molar-refractivity contribution in [3.63, 3.8) is 0 Å². The third-order valence-electron chi connectivity index (χ3n) is 3.31. The lowest BCUT2D eigenvalue weighted by Gasteiger charge is -2.21. The Morgan fingerprint density at radius 3 is 2.08 bits per heavy atom. The van der Waals surface area contributed by atoms with Gasteiger partial charge in [0.25, 0.3) is 0 Å². The van der Waals surface area contributed by atoms with Gasteiger partial charge in [-0.2, -0.15) is 0 Å². The summed E-state index contributed by atoms with van der Waals surface area (Å²) in [6.45, 7) is 8.74. The molecule has 0 aliphatic heterocycles. The molecule has 0 fully saturated rings. The number of allylic oxidation sites excluding steroid dienone is 3. The fraction of sp³-hybridized carbons (Fsp3) is 0.250. The van der Waals surface area contributed by atoms with Crippen molar-refractivity contribution < 1.29 is 9.47 Å². The van der Waals surface area contributed by atoms with Crippen LogP contribution in [0.3, 0.4) is 0 Å². The average molecular weight is 348 g/mol. The maximum atomic E-state index is 5.86. The van der Waals surface area contributed by atoms with Crippen molar-refractivity contribution in [2.75, 3.05) is 6.61 Å². The fourth-order valence-electron chi connectivity index (χ4n) is 2.26. The molecule has 0 radical (unpaired) electrons. The molecular formula is C24H28O2. The van der Waals surface area contributed by atoms with E-state index in [1.807, 2.05) is 76.2 Å². The van der Waals surface area contributed by atoms with Gasteiger partial charge in [-0.1, -0.05) is 42.5 Å². The van der Waals surface area contributed by atoms with Crippen molar-refractivity contribution in [3.05, 3.63) is 78.4 Å². The summed E-state index contributed by atoms with van der Waals surface area (Å²) in [7, 11) is 0. The van der Waals surface area contributed by atoms with Crippen LogP contribution in [0.25, 0.3) is 5.57 Å². The highest BCUT2D eigenvalue weighted by atomic mass is 16.5. The Labute approximate surface area is 158 Å². The van der Waals surface area contributed by atoms with Gasteiger partial charge in [0.1, 0.15) is 23.7 Å². The normalized spacial score (nSPS) is 11.5. The number of rotatable bonds is 6. The summed E-state index contributed by atoms with van der Waals surface area (Å²) in [4.78, 5) is 0. The van der Waals surface area contributed by atoms with E-state index in [0.29, 0.717) is 6.61 Å². The molecule has 2 nitrogen and oxygen atoms in total. The second-order valence-electron chi connectivity index (χ2n) is 6.51. The van der Waals surface area contributed by atoms with Crippen LogP contribution in [0, 0.1) is 12.8 Å². The van der Waals surface area contributed by atoms with Gasteiger partial charge in [0.2, 0.25) is 0 Å². The van der Waals surface area contributed by atoms with Crippen LogP contribution in [0.4, 0.5) is 0 Å². The Kier molecular flexibility index (Phi) is 8.81. The van der Waals surface area contributed by atoms with Gasteiger partial charge in [-0.25, -0.2) is 0 Å². The molecule has 0 saturated heterocycles. The lowest BCUT2D eigenvalue weighted by molar-refractivity contribution is 0.131. The molecule has 0 aromatic heterocycles. The lowest BCUT2D eigenvalue weighted by atomic mass is 10.0. The average Bonchev–Trinajstić information content (AvgIpc) is 2.64. The molecule has 136 valence electrons. The first-order valence-electron chi connectivity index (χ1n) is 8.61. The second-order valence-corrected chi connectivity index (χ2v) is 6.51. The topological polar surface area (TPSA) is 18.5 Å². The van der Waals surface area contributed by atoms with Crippen molar-refractivity contribution in [2.24, 2.45) is 0 Å². The molecule has 2 rings (SSSR count). The second kappa shape index (κ2) is 10.8. The predicted octanol–water partition coefficient (Wildman–Crippen LogP) is 6.15. The van der Waals surface area contributed by atoms with Gasteiger partial charge < -0.3 is 9.47 Å². The summed E-state index contributed by atoms with van der Waals surface area (Å²) in [5.41, 5.74) is 2.14. The summed E-state index contributed by atoms with van der Waals surface area (Å²) in [5.74, 6) is 1.77. The molecule has 0 saturated carbocycles. The Hall–Kier alpha value is -2.92. The van der Waals surface area contributed by atoms with Crippen LogP contribution in [-0.2, 0) is 0 Å². The van der Waals surface area contributed by atoms with Gasteiger partial charge in [-0.05, 0) is 69.2 Å². The molecule has 0 unspecified atom stereocenters. The summed E-state index contributed by atoms with van der Waals surface area (Å²) in [5, 5.41) is 0. The Balaban J connectivity index is 0.00000163. The number of ether oxygens (including phenoxy) is 2. The number of benzene rings is 2. The van der Waals surface area contributed by atoms with Crippen molar-refractivity contribution in [1.29, 1.82) is 0 Å². The van der Waals surface area contributed by atoms with E-state index in [1.54, 1.807) is 0 Å². The van der Waals surface area contributed by atoms with Gasteiger partial charge in [-0.3, -0.25) is 0 Å². The first-order valence-corrected chi connectivity index (χ1v) is 8.61. The summed E-state index contributed by atoms with van der Waals surface area (Å²) >= 11 is 0. The molecule has 2 aromatic rings. The van der Waals surface area contributed by atoms with E-state index in [9.17, 15) is 0 Å². The molecule has 0 amide bonds. The Morgan fingerprint density at radius 1 is 0.923 bits per heavy atom. The van der Waals surface area contributed by atoms with Crippen LogP contribution < -0.4 is 9.47 Å². The third kappa shape index (κ3) is 7.77. The van der Waals surface area contributed by atoms with Crippen LogP contribution in [0.15, 0.2) is 72.8 Å². The van der Waals surface area contributed by atoms with E-state index in [2.05, 4.69) is 37.1 Å². The molecule has 0 aliphatic carbocycles. The van der Waals surface area contributed by atoms with Gasteiger partial charge in [0.05, 0.1) is 0 Å². The lowest BCUT2D eigenvalue weighted by Crippen LogP contribution is -2.22. The summed E-state index contributed by atoms with van der Waals surface area (Å²) < 4.78 is 11.5. The quantitative estimate of drug-likeness (QED) is 0.460. The van der Waals surface area contributed by atoms with E-state index in [4.69, 9.17) is 9.47 Å². The maximum Gasteiger partial charge on any atom is 0.120 e. The van der Waals surface area contributed by atoms with Gasteiger partial charge in [-0.15, -0.1) is 12.8 Å². The third-order valence-corrected chi connectivity index (χ3v) is 3.31. The van der Waals surface area contributed by atoms with Crippen molar-refractivity contribution in [2.45, 2.75) is 33.3 Å². The zero-order valence-corrected chi connectivity index (χ0v) is 16.1. The monoisotopic (exact) mass is 348 g/mol. The van der Waals surface area contributed by atoms with E-state index in [0.717, 1.165) is 22.6 Å². The van der Waals surface area contributed by atoms with Crippen LogP contribution in [0.5, 0.6) is 11.5 Å². The van der Waals surface area contributed by atoms with E-state index in [-0.39, 0.29) is 5.60 Å². The van der Waals surface area contributed by atoms with Crippen molar-refractivity contribution >= 4 is 5.57 Å².